The second-order valence-electron chi connectivity index (χ2n) is 12.1. The average molecular weight is 414 g/mol. The van der Waals surface area contributed by atoms with E-state index in [4.69, 9.17) is 0 Å². The zero-order valence-corrected chi connectivity index (χ0v) is 19.9. The highest BCUT2D eigenvalue weighted by Crippen LogP contribution is 2.67. The molecule has 0 aromatic carbocycles. The Balaban J connectivity index is 1.57. The smallest absolute Gasteiger partial charge is 0.156 e. The highest BCUT2D eigenvalue weighted by Gasteiger charge is 2.60. The molecular weight excluding hydrogens is 370 g/mol. The van der Waals surface area contributed by atoms with Crippen LogP contribution in [0.4, 0.5) is 0 Å². The Morgan fingerprint density at radius 2 is 1.87 bits per heavy atom. The highest BCUT2D eigenvalue weighted by atomic mass is 16.4. The number of carbonyl (C=O) groups excluding carboxylic acids is 1. The number of rotatable bonds is 5. The topological polar surface area (TPSA) is 49.7 Å². The van der Waals surface area contributed by atoms with Gasteiger partial charge >= 0.3 is 0 Å². The summed E-state index contributed by atoms with van der Waals surface area (Å²) in [5, 5.41) is 13.6. The lowest BCUT2D eigenvalue weighted by Gasteiger charge is -2.58. The van der Waals surface area contributed by atoms with E-state index in [-0.39, 0.29) is 11.2 Å². The van der Waals surface area contributed by atoms with Gasteiger partial charge in [-0.2, -0.15) is 0 Å². The van der Waals surface area contributed by atoms with Gasteiger partial charge in [-0.3, -0.25) is 4.79 Å². The first-order valence-corrected chi connectivity index (χ1v) is 12.7. The molecule has 30 heavy (non-hydrogen) atoms. The summed E-state index contributed by atoms with van der Waals surface area (Å²) in [4.78, 5) is 12.1. The van der Waals surface area contributed by atoms with Gasteiger partial charge in [0.25, 0.3) is 0 Å². The van der Waals surface area contributed by atoms with Gasteiger partial charge in [-0.05, 0) is 96.5 Å². The molecule has 0 aromatic rings. The second-order valence-corrected chi connectivity index (χ2v) is 12.1. The van der Waals surface area contributed by atoms with Crippen LogP contribution in [0.5, 0.6) is 0 Å². The summed E-state index contributed by atoms with van der Waals surface area (Å²) in [6, 6.07) is 0. The first-order valence-electron chi connectivity index (χ1n) is 12.7. The van der Waals surface area contributed by atoms with Crippen LogP contribution < -0.4 is 0 Å². The van der Waals surface area contributed by atoms with Crippen LogP contribution in [0.1, 0.15) is 98.8 Å². The lowest BCUT2D eigenvalue weighted by Crippen LogP contribution is -2.53. The summed E-state index contributed by atoms with van der Waals surface area (Å²) in [5.41, 5.74) is 2.31. The summed E-state index contributed by atoms with van der Waals surface area (Å²) < 4.78 is 0. The molecule has 4 aliphatic carbocycles. The lowest BCUT2D eigenvalue weighted by molar-refractivity contribution is -0.116. The van der Waals surface area contributed by atoms with Gasteiger partial charge in [-0.25, -0.2) is 0 Å². The van der Waals surface area contributed by atoms with E-state index in [0.29, 0.717) is 23.7 Å². The number of allylic oxidation sites excluding steroid dienone is 1. The molecule has 3 fully saturated rings. The molecule has 0 aliphatic heterocycles. The average Bonchev–Trinajstić information content (AvgIpc) is 3.05. The minimum absolute atomic E-state index is 0.0146. The van der Waals surface area contributed by atoms with E-state index < -0.39 is 0 Å². The highest BCUT2D eigenvalue weighted by molar-refractivity contribution is 6.08. The molecule has 3 nitrogen and oxygen atoms in total. The van der Waals surface area contributed by atoms with Crippen molar-refractivity contribution >= 4 is 11.5 Å². The maximum absolute atomic E-state index is 12.1. The minimum Gasteiger partial charge on any atom is -0.411 e. The molecule has 0 heterocycles. The number of carbonyl (C=O) groups is 1. The van der Waals surface area contributed by atoms with E-state index in [2.05, 4.69) is 39.8 Å². The SMILES string of the molecule is CC(C)CCC[C@@H](C)[C@H]1CC[C@H]2[C@@H]3CC(=NO)C4=CC(=O)CC[C@]4(C)[C@H]3CC[C@]12C. The number of fused-ring (bicyclic) bond motifs is 5. The number of hydrogen-bond donors (Lipinski definition) is 1. The Morgan fingerprint density at radius 1 is 1.10 bits per heavy atom. The number of ketones is 1. The van der Waals surface area contributed by atoms with E-state index in [1.807, 2.05) is 6.08 Å². The van der Waals surface area contributed by atoms with Crippen LogP contribution in [0.15, 0.2) is 16.8 Å². The summed E-state index contributed by atoms with van der Waals surface area (Å²) in [7, 11) is 0. The zero-order chi connectivity index (χ0) is 21.7. The van der Waals surface area contributed by atoms with Crippen molar-refractivity contribution < 1.29 is 10.0 Å². The number of nitrogens with zero attached hydrogens (tertiary/aromatic N) is 1. The Bertz CT molecular complexity index is 737. The van der Waals surface area contributed by atoms with Gasteiger partial charge < -0.3 is 5.21 Å². The normalized spacial score (nSPS) is 43.2. The summed E-state index contributed by atoms with van der Waals surface area (Å²) in [5.74, 6) is 4.64. The summed E-state index contributed by atoms with van der Waals surface area (Å²) in [6.45, 7) is 12.1. The molecule has 0 spiro atoms. The van der Waals surface area contributed by atoms with Crippen molar-refractivity contribution in [1.82, 2.24) is 0 Å². The van der Waals surface area contributed by atoms with Crippen molar-refractivity contribution in [3.05, 3.63) is 11.6 Å². The molecule has 4 rings (SSSR count). The number of hydrogen-bond acceptors (Lipinski definition) is 3. The molecular formula is C27H43NO2. The van der Waals surface area contributed by atoms with Crippen LogP contribution in [0.3, 0.4) is 0 Å². The molecule has 3 heteroatoms. The fraction of sp³-hybridized carbons (Fsp3) is 0.852. The molecule has 1 N–H and O–H groups in total. The minimum atomic E-state index is 0.0146. The first kappa shape index (κ1) is 22.1. The molecule has 0 saturated heterocycles. The van der Waals surface area contributed by atoms with Crippen molar-refractivity contribution in [3.8, 4) is 0 Å². The molecule has 7 atom stereocenters. The molecule has 168 valence electrons. The number of oxime groups is 1. The Morgan fingerprint density at radius 3 is 2.57 bits per heavy atom. The van der Waals surface area contributed by atoms with Crippen molar-refractivity contribution in [2.45, 2.75) is 98.8 Å². The summed E-state index contributed by atoms with van der Waals surface area (Å²) in [6.07, 6.45) is 13.7. The summed E-state index contributed by atoms with van der Waals surface area (Å²) >= 11 is 0. The van der Waals surface area contributed by atoms with Crippen LogP contribution >= 0.6 is 0 Å². The van der Waals surface area contributed by atoms with Crippen LogP contribution in [-0.4, -0.2) is 16.7 Å². The van der Waals surface area contributed by atoms with Gasteiger partial charge in [0.15, 0.2) is 5.78 Å². The van der Waals surface area contributed by atoms with E-state index in [1.54, 1.807) is 0 Å². The second kappa shape index (κ2) is 8.10. The molecule has 0 aromatic heterocycles. The molecule has 4 aliphatic rings. The standard InChI is InChI=1S/C27H43NO2/c1-17(2)7-6-8-18(3)21-9-10-22-20-16-25(28-30)24-15-19(29)11-13-27(24,5)23(20)12-14-26(21,22)4/h15,17-18,20-23,30H,6-14,16H2,1-5H3/t18-,20+,21-,22+,23+,26-,27-/m1/s1. The first-order chi connectivity index (χ1) is 14.2. The van der Waals surface area contributed by atoms with Gasteiger partial charge in [0.05, 0.1) is 5.71 Å². The monoisotopic (exact) mass is 413 g/mol. The Hall–Kier alpha value is -1.12. The van der Waals surface area contributed by atoms with Gasteiger partial charge in [0, 0.05) is 6.42 Å². The molecule has 3 saturated carbocycles. The lowest BCUT2D eigenvalue weighted by atomic mass is 9.46. The molecule has 0 amide bonds. The van der Waals surface area contributed by atoms with Crippen molar-refractivity contribution in [2.24, 2.45) is 51.5 Å². The van der Waals surface area contributed by atoms with Crippen LogP contribution in [0.25, 0.3) is 0 Å². The Labute approximate surface area is 183 Å². The van der Waals surface area contributed by atoms with E-state index in [1.165, 1.54) is 44.9 Å². The third-order valence-electron chi connectivity index (χ3n) is 10.1. The zero-order valence-electron chi connectivity index (χ0n) is 19.9. The largest absolute Gasteiger partial charge is 0.411 e. The predicted octanol–water partition coefficient (Wildman–Crippen LogP) is 7.04. The van der Waals surface area contributed by atoms with Crippen molar-refractivity contribution in [3.63, 3.8) is 0 Å². The predicted molar refractivity (Wildman–Crippen MR) is 123 cm³/mol. The van der Waals surface area contributed by atoms with E-state index >= 15 is 0 Å². The van der Waals surface area contributed by atoms with E-state index in [0.717, 1.165) is 47.8 Å². The molecule has 0 unspecified atom stereocenters. The van der Waals surface area contributed by atoms with Crippen LogP contribution in [-0.2, 0) is 4.79 Å². The van der Waals surface area contributed by atoms with Gasteiger partial charge in [0.1, 0.15) is 0 Å². The fourth-order valence-corrected chi connectivity index (χ4v) is 8.53. The third kappa shape index (κ3) is 3.48. The molecule has 0 bridgehead atoms. The maximum atomic E-state index is 12.1. The van der Waals surface area contributed by atoms with Gasteiger partial charge in [-0.1, -0.05) is 59.0 Å². The maximum Gasteiger partial charge on any atom is 0.156 e. The quantitative estimate of drug-likeness (QED) is 0.388. The van der Waals surface area contributed by atoms with Gasteiger partial charge in [0.2, 0.25) is 0 Å². The third-order valence-corrected chi connectivity index (χ3v) is 10.1. The fourth-order valence-electron chi connectivity index (χ4n) is 8.53. The van der Waals surface area contributed by atoms with Gasteiger partial charge in [-0.15, -0.1) is 0 Å². The van der Waals surface area contributed by atoms with Crippen LogP contribution in [0.2, 0.25) is 0 Å². The van der Waals surface area contributed by atoms with Crippen molar-refractivity contribution in [2.75, 3.05) is 0 Å². The van der Waals surface area contributed by atoms with Crippen molar-refractivity contribution in [1.29, 1.82) is 0 Å². The van der Waals surface area contributed by atoms with Crippen LogP contribution in [0, 0.1) is 46.3 Å². The molecule has 0 radical (unpaired) electrons. The van der Waals surface area contributed by atoms with E-state index in [9.17, 15) is 10.0 Å². The Kier molecular flexibility index (Phi) is 5.96.